The highest BCUT2D eigenvalue weighted by atomic mass is 16.6. The number of nitrogens with one attached hydrogen (secondary N) is 1. The van der Waals surface area contributed by atoms with E-state index in [2.05, 4.69) is 15.5 Å². The number of hydrogen-bond acceptors (Lipinski definition) is 6. The highest BCUT2D eigenvalue weighted by Crippen LogP contribution is 2.35. The molecule has 1 aromatic heterocycles. The van der Waals surface area contributed by atoms with E-state index in [0.29, 0.717) is 24.1 Å². The normalized spacial score (nSPS) is 24.8. The van der Waals surface area contributed by atoms with Gasteiger partial charge in [0.1, 0.15) is 6.61 Å². The summed E-state index contributed by atoms with van der Waals surface area (Å²) < 4.78 is 16.8. The van der Waals surface area contributed by atoms with Gasteiger partial charge < -0.3 is 19.3 Å². The van der Waals surface area contributed by atoms with Crippen molar-refractivity contribution in [3.8, 4) is 11.5 Å². The second-order valence-corrected chi connectivity index (χ2v) is 5.00. The summed E-state index contributed by atoms with van der Waals surface area (Å²) in [5.41, 5.74) is 0. The molecule has 6 heteroatoms. The van der Waals surface area contributed by atoms with E-state index < -0.39 is 0 Å². The Kier molecular flexibility index (Phi) is 2.81. The highest BCUT2D eigenvalue weighted by molar-refractivity contribution is 5.40. The zero-order valence-electron chi connectivity index (χ0n) is 10.9. The number of ether oxygens (including phenoxy) is 2. The summed E-state index contributed by atoms with van der Waals surface area (Å²) in [5, 5.41) is 7.39. The van der Waals surface area contributed by atoms with Crippen LogP contribution >= 0.6 is 0 Å². The average Bonchev–Trinajstić information content (AvgIpc) is 3.17. The number of nitrogens with zero attached hydrogens (tertiary/aromatic N) is 2. The van der Waals surface area contributed by atoms with Gasteiger partial charge in [-0.25, -0.2) is 0 Å². The van der Waals surface area contributed by atoms with Crippen molar-refractivity contribution in [2.24, 2.45) is 0 Å². The first-order valence-corrected chi connectivity index (χ1v) is 6.85. The van der Waals surface area contributed by atoms with Crippen LogP contribution in [0.1, 0.15) is 36.7 Å². The van der Waals surface area contributed by atoms with Gasteiger partial charge in [-0.3, -0.25) is 0 Å². The summed E-state index contributed by atoms with van der Waals surface area (Å²) >= 11 is 0. The number of rotatable bonds is 2. The maximum absolute atomic E-state index is 5.85. The first kappa shape index (κ1) is 11.7. The van der Waals surface area contributed by atoms with Gasteiger partial charge in [0.05, 0.1) is 6.04 Å². The van der Waals surface area contributed by atoms with Gasteiger partial charge >= 0.3 is 0 Å². The molecule has 1 saturated heterocycles. The third-order valence-electron chi connectivity index (χ3n) is 3.61. The molecule has 4 rings (SSSR count). The lowest BCUT2D eigenvalue weighted by Crippen LogP contribution is -2.22. The zero-order valence-corrected chi connectivity index (χ0v) is 10.9. The second-order valence-electron chi connectivity index (χ2n) is 5.00. The van der Waals surface area contributed by atoms with Gasteiger partial charge in [0.25, 0.3) is 5.89 Å². The van der Waals surface area contributed by atoms with E-state index in [4.69, 9.17) is 14.0 Å². The summed E-state index contributed by atoms with van der Waals surface area (Å²) in [6, 6.07) is 7.78. The standard InChI is InChI=1S/C14H15N3O3/c1-2-6-11-10(5-1)18-8-12(19-11)14-16-13(17-20-14)9-4-3-7-15-9/h1-2,5-6,9,12,15H,3-4,7-8H2. The third kappa shape index (κ3) is 2.02. The van der Waals surface area contributed by atoms with E-state index in [-0.39, 0.29) is 12.1 Å². The zero-order chi connectivity index (χ0) is 13.4. The Bertz CT molecular complexity index is 607. The Morgan fingerprint density at radius 2 is 2.10 bits per heavy atom. The van der Waals surface area contributed by atoms with Crippen molar-refractivity contribution < 1.29 is 14.0 Å². The molecule has 0 spiro atoms. The lowest BCUT2D eigenvalue weighted by atomic mass is 10.2. The molecule has 104 valence electrons. The van der Waals surface area contributed by atoms with Crippen molar-refractivity contribution in [1.82, 2.24) is 15.5 Å². The number of para-hydroxylation sites is 2. The molecule has 0 radical (unpaired) electrons. The summed E-state index contributed by atoms with van der Waals surface area (Å²) in [6.07, 6.45) is 1.85. The van der Waals surface area contributed by atoms with Crippen molar-refractivity contribution in [2.45, 2.75) is 25.0 Å². The van der Waals surface area contributed by atoms with Crippen LogP contribution in [0.25, 0.3) is 0 Å². The van der Waals surface area contributed by atoms with Gasteiger partial charge in [0.2, 0.25) is 6.10 Å². The number of fused-ring (bicyclic) bond motifs is 1. The predicted molar refractivity (Wildman–Crippen MR) is 69.6 cm³/mol. The summed E-state index contributed by atoms with van der Waals surface area (Å²) in [4.78, 5) is 4.44. The van der Waals surface area contributed by atoms with Gasteiger partial charge in [-0.1, -0.05) is 17.3 Å². The highest BCUT2D eigenvalue weighted by Gasteiger charge is 2.29. The quantitative estimate of drug-likeness (QED) is 0.902. The van der Waals surface area contributed by atoms with Gasteiger partial charge in [-0.15, -0.1) is 0 Å². The molecule has 0 amide bonds. The third-order valence-corrected chi connectivity index (χ3v) is 3.61. The van der Waals surface area contributed by atoms with Crippen molar-refractivity contribution in [1.29, 1.82) is 0 Å². The van der Waals surface area contributed by atoms with Gasteiger partial charge in [0.15, 0.2) is 17.3 Å². The lowest BCUT2D eigenvalue weighted by molar-refractivity contribution is 0.0665. The summed E-state index contributed by atoms with van der Waals surface area (Å²) in [5.74, 6) is 2.65. The van der Waals surface area contributed by atoms with E-state index in [9.17, 15) is 0 Å². The molecule has 6 nitrogen and oxygen atoms in total. The maximum atomic E-state index is 5.85. The number of hydrogen-bond donors (Lipinski definition) is 1. The SMILES string of the molecule is c1ccc2c(c1)OCC(c1nc(C3CCCN3)no1)O2. The Hall–Kier alpha value is -2.08. The molecule has 2 atom stereocenters. The van der Waals surface area contributed by atoms with Crippen molar-refractivity contribution in [3.63, 3.8) is 0 Å². The molecule has 1 aromatic carbocycles. The predicted octanol–water partition coefficient (Wildman–Crippen LogP) is 2.01. The van der Waals surface area contributed by atoms with Gasteiger partial charge in [-0.05, 0) is 31.5 Å². The average molecular weight is 273 g/mol. The van der Waals surface area contributed by atoms with E-state index in [1.54, 1.807) is 0 Å². The van der Waals surface area contributed by atoms with Crippen LogP contribution in [0.15, 0.2) is 28.8 Å². The van der Waals surface area contributed by atoms with E-state index >= 15 is 0 Å². The van der Waals surface area contributed by atoms with E-state index in [1.165, 1.54) is 0 Å². The molecule has 2 unspecified atom stereocenters. The monoisotopic (exact) mass is 273 g/mol. The molecular formula is C14H15N3O3. The van der Waals surface area contributed by atoms with Crippen LogP contribution in [-0.4, -0.2) is 23.3 Å². The van der Waals surface area contributed by atoms with Crippen molar-refractivity contribution in [2.75, 3.05) is 13.2 Å². The summed E-state index contributed by atoms with van der Waals surface area (Å²) in [6.45, 7) is 1.39. The van der Waals surface area contributed by atoms with Crippen molar-refractivity contribution in [3.05, 3.63) is 36.0 Å². The molecule has 3 heterocycles. The molecular weight excluding hydrogens is 258 g/mol. The molecule has 20 heavy (non-hydrogen) atoms. The number of benzene rings is 1. The fraction of sp³-hybridized carbons (Fsp3) is 0.429. The van der Waals surface area contributed by atoms with Crippen molar-refractivity contribution >= 4 is 0 Å². The molecule has 1 N–H and O–H groups in total. The lowest BCUT2D eigenvalue weighted by Gasteiger charge is -2.23. The van der Waals surface area contributed by atoms with Crippen LogP contribution in [0.5, 0.6) is 11.5 Å². The second kappa shape index (κ2) is 4.79. The fourth-order valence-electron chi connectivity index (χ4n) is 2.57. The van der Waals surface area contributed by atoms with Crippen LogP contribution in [0.2, 0.25) is 0 Å². The van der Waals surface area contributed by atoms with Crippen LogP contribution in [0.4, 0.5) is 0 Å². The molecule has 1 fully saturated rings. The minimum absolute atomic E-state index is 0.198. The first-order chi connectivity index (χ1) is 9.90. The van der Waals surface area contributed by atoms with Crippen LogP contribution in [0.3, 0.4) is 0 Å². The Balaban J connectivity index is 1.54. The smallest absolute Gasteiger partial charge is 0.271 e. The Morgan fingerprint density at radius 3 is 2.95 bits per heavy atom. The Labute approximate surface area is 116 Å². The molecule has 0 aliphatic carbocycles. The van der Waals surface area contributed by atoms with Gasteiger partial charge in [0, 0.05) is 0 Å². The molecule has 2 aromatic rings. The van der Waals surface area contributed by atoms with E-state index in [0.717, 1.165) is 25.1 Å². The molecule has 2 aliphatic heterocycles. The largest absolute Gasteiger partial charge is 0.485 e. The van der Waals surface area contributed by atoms with Gasteiger partial charge in [-0.2, -0.15) is 4.98 Å². The molecule has 0 saturated carbocycles. The Morgan fingerprint density at radius 1 is 1.20 bits per heavy atom. The topological polar surface area (TPSA) is 69.4 Å². The van der Waals surface area contributed by atoms with E-state index in [1.807, 2.05) is 24.3 Å². The van der Waals surface area contributed by atoms with Crippen LogP contribution in [0, 0.1) is 0 Å². The van der Waals surface area contributed by atoms with Crippen LogP contribution < -0.4 is 14.8 Å². The first-order valence-electron chi connectivity index (χ1n) is 6.85. The molecule has 2 aliphatic rings. The molecule has 0 bridgehead atoms. The minimum atomic E-state index is -0.340. The summed E-state index contributed by atoms with van der Waals surface area (Å²) in [7, 11) is 0. The maximum Gasteiger partial charge on any atom is 0.271 e. The minimum Gasteiger partial charge on any atom is -0.485 e. The number of aromatic nitrogens is 2. The van der Waals surface area contributed by atoms with Crippen LogP contribution in [-0.2, 0) is 0 Å². The fourth-order valence-corrected chi connectivity index (χ4v) is 2.57.